The van der Waals surface area contributed by atoms with Crippen LogP contribution in [0, 0.1) is 6.92 Å². The third-order valence-corrected chi connectivity index (χ3v) is 4.02. The van der Waals surface area contributed by atoms with Crippen LogP contribution in [-0.2, 0) is 4.74 Å². The summed E-state index contributed by atoms with van der Waals surface area (Å²) in [6, 6.07) is 15.5. The number of fused-ring (bicyclic) bond motifs is 1. The Hall–Kier alpha value is -2.30. The van der Waals surface area contributed by atoms with E-state index < -0.39 is 0 Å². The molecule has 0 fully saturated rings. The van der Waals surface area contributed by atoms with Crippen molar-refractivity contribution in [3.63, 3.8) is 0 Å². The molecule has 3 aromatic rings. The number of pyridine rings is 1. The van der Waals surface area contributed by atoms with E-state index in [4.69, 9.17) is 25.8 Å². The lowest BCUT2D eigenvalue weighted by atomic mass is 10.2. The first-order chi connectivity index (χ1) is 12.3. The minimum Gasteiger partial charge on any atom is -0.489 e. The Kier molecular flexibility index (Phi) is 6.09. The third-order valence-electron chi connectivity index (χ3n) is 3.72. The zero-order valence-corrected chi connectivity index (χ0v) is 14.8. The highest BCUT2D eigenvalue weighted by Gasteiger charge is 2.05. The van der Waals surface area contributed by atoms with Gasteiger partial charge in [-0.3, -0.25) is 4.98 Å². The molecule has 3 rings (SSSR count). The van der Waals surface area contributed by atoms with Gasteiger partial charge in [0.25, 0.3) is 0 Å². The second-order valence-electron chi connectivity index (χ2n) is 5.53. The second kappa shape index (κ2) is 8.70. The lowest BCUT2D eigenvalue weighted by Gasteiger charge is -2.11. The number of hydrogen-bond donors (Lipinski definition) is 0. The van der Waals surface area contributed by atoms with Gasteiger partial charge in [0, 0.05) is 11.6 Å². The van der Waals surface area contributed by atoms with E-state index in [0.29, 0.717) is 37.2 Å². The Morgan fingerprint density at radius 1 is 0.880 bits per heavy atom. The molecule has 5 heteroatoms. The molecule has 1 heterocycles. The van der Waals surface area contributed by atoms with Gasteiger partial charge in [-0.25, -0.2) is 0 Å². The van der Waals surface area contributed by atoms with Crippen LogP contribution in [0.5, 0.6) is 11.5 Å². The highest BCUT2D eigenvalue weighted by molar-refractivity contribution is 6.32. The van der Waals surface area contributed by atoms with Gasteiger partial charge in [-0.2, -0.15) is 0 Å². The van der Waals surface area contributed by atoms with E-state index >= 15 is 0 Å². The molecule has 0 atom stereocenters. The van der Waals surface area contributed by atoms with Crippen LogP contribution in [0.15, 0.2) is 54.7 Å². The number of rotatable bonds is 8. The van der Waals surface area contributed by atoms with Gasteiger partial charge in [-0.1, -0.05) is 41.9 Å². The molecule has 1 aromatic heterocycles. The van der Waals surface area contributed by atoms with E-state index in [1.807, 2.05) is 55.5 Å². The first-order valence-electron chi connectivity index (χ1n) is 8.18. The molecule has 0 saturated heterocycles. The molecular weight excluding hydrogens is 338 g/mol. The summed E-state index contributed by atoms with van der Waals surface area (Å²) in [6.07, 6.45) is 1.76. The average Bonchev–Trinajstić information content (AvgIpc) is 2.63. The van der Waals surface area contributed by atoms with Crippen molar-refractivity contribution in [2.24, 2.45) is 0 Å². The summed E-state index contributed by atoms with van der Waals surface area (Å²) in [5.41, 5.74) is 1.88. The summed E-state index contributed by atoms with van der Waals surface area (Å²) in [5, 5.41) is 1.68. The van der Waals surface area contributed by atoms with Crippen molar-refractivity contribution in [1.29, 1.82) is 0 Å². The molecule has 0 saturated carbocycles. The number of benzene rings is 2. The van der Waals surface area contributed by atoms with Crippen molar-refractivity contribution in [3.05, 3.63) is 65.3 Å². The lowest BCUT2D eigenvalue weighted by Crippen LogP contribution is -2.12. The number of halogens is 1. The van der Waals surface area contributed by atoms with Gasteiger partial charge in [0.2, 0.25) is 0 Å². The van der Waals surface area contributed by atoms with Crippen LogP contribution in [-0.4, -0.2) is 31.4 Å². The SMILES string of the molecule is Cc1cccc(Cl)c1OCCOCCOc1cccc2cccnc12. The summed E-state index contributed by atoms with van der Waals surface area (Å²) in [5.74, 6) is 1.48. The van der Waals surface area contributed by atoms with Gasteiger partial charge in [-0.15, -0.1) is 0 Å². The van der Waals surface area contributed by atoms with E-state index in [9.17, 15) is 0 Å². The standard InChI is InChI=1S/C20H20ClNO3/c1-15-5-2-8-17(21)20(15)25-14-12-23-11-13-24-18-9-3-6-16-7-4-10-22-19(16)18/h2-10H,11-14H2,1H3. The number of aryl methyl sites for hydroxylation is 1. The molecule has 4 nitrogen and oxygen atoms in total. The number of ether oxygens (including phenoxy) is 3. The van der Waals surface area contributed by atoms with E-state index in [0.717, 1.165) is 22.2 Å². The fourth-order valence-corrected chi connectivity index (χ4v) is 2.78. The number of aromatic nitrogens is 1. The van der Waals surface area contributed by atoms with Crippen LogP contribution < -0.4 is 9.47 Å². The number of para-hydroxylation sites is 2. The molecule has 130 valence electrons. The Balaban J connectivity index is 1.39. The summed E-state index contributed by atoms with van der Waals surface area (Å²) in [6.45, 7) is 3.82. The predicted molar refractivity (Wildman–Crippen MR) is 99.7 cm³/mol. The summed E-state index contributed by atoms with van der Waals surface area (Å²) in [7, 11) is 0. The normalized spacial score (nSPS) is 10.8. The van der Waals surface area contributed by atoms with Crippen molar-refractivity contribution in [3.8, 4) is 11.5 Å². The fraction of sp³-hybridized carbons (Fsp3) is 0.250. The van der Waals surface area contributed by atoms with E-state index in [1.54, 1.807) is 6.20 Å². The first-order valence-corrected chi connectivity index (χ1v) is 8.56. The van der Waals surface area contributed by atoms with Crippen LogP contribution in [0.4, 0.5) is 0 Å². The molecule has 0 bridgehead atoms. The van der Waals surface area contributed by atoms with Crippen molar-refractivity contribution in [1.82, 2.24) is 4.98 Å². The fourth-order valence-electron chi connectivity index (χ4n) is 2.51. The minimum atomic E-state index is 0.445. The van der Waals surface area contributed by atoms with E-state index in [1.165, 1.54) is 0 Å². The van der Waals surface area contributed by atoms with E-state index in [-0.39, 0.29) is 0 Å². The van der Waals surface area contributed by atoms with Crippen LogP contribution in [0.1, 0.15) is 5.56 Å². The number of hydrogen-bond acceptors (Lipinski definition) is 4. The molecule has 0 spiro atoms. The van der Waals surface area contributed by atoms with Crippen LogP contribution in [0.2, 0.25) is 5.02 Å². The third kappa shape index (κ3) is 4.62. The zero-order chi connectivity index (χ0) is 17.5. The molecule has 25 heavy (non-hydrogen) atoms. The van der Waals surface area contributed by atoms with Crippen molar-refractivity contribution in [2.75, 3.05) is 26.4 Å². The minimum absolute atomic E-state index is 0.445. The predicted octanol–water partition coefficient (Wildman–Crippen LogP) is 4.67. The quantitative estimate of drug-likeness (QED) is 0.549. The summed E-state index contributed by atoms with van der Waals surface area (Å²) in [4.78, 5) is 4.36. The Morgan fingerprint density at radius 3 is 2.48 bits per heavy atom. The van der Waals surface area contributed by atoms with Crippen molar-refractivity contribution in [2.45, 2.75) is 6.92 Å². The van der Waals surface area contributed by atoms with E-state index in [2.05, 4.69) is 4.98 Å². The van der Waals surface area contributed by atoms with Gasteiger partial charge < -0.3 is 14.2 Å². The van der Waals surface area contributed by atoms with Gasteiger partial charge in [0.15, 0.2) is 0 Å². The maximum absolute atomic E-state index is 6.12. The largest absolute Gasteiger partial charge is 0.489 e. The highest BCUT2D eigenvalue weighted by atomic mass is 35.5. The molecule has 0 amide bonds. The maximum Gasteiger partial charge on any atom is 0.145 e. The van der Waals surface area contributed by atoms with Crippen LogP contribution in [0.3, 0.4) is 0 Å². The molecular formula is C20H20ClNO3. The smallest absolute Gasteiger partial charge is 0.145 e. The molecule has 0 aliphatic heterocycles. The zero-order valence-electron chi connectivity index (χ0n) is 14.1. The van der Waals surface area contributed by atoms with Gasteiger partial charge in [0.1, 0.15) is 30.2 Å². The molecule has 0 radical (unpaired) electrons. The first kappa shape index (κ1) is 17.5. The Morgan fingerprint density at radius 2 is 1.64 bits per heavy atom. The highest BCUT2D eigenvalue weighted by Crippen LogP contribution is 2.27. The van der Waals surface area contributed by atoms with Gasteiger partial charge >= 0.3 is 0 Å². The molecule has 0 unspecified atom stereocenters. The number of nitrogens with zero attached hydrogens (tertiary/aromatic N) is 1. The van der Waals surface area contributed by atoms with Crippen molar-refractivity contribution < 1.29 is 14.2 Å². The summed E-state index contributed by atoms with van der Waals surface area (Å²) >= 11 is 6.12. The lowest BCUT2D eigenvalue weighted by molar-refractivity contribution is 0.0766. The Bertz CT molecular complexity index is 813. The van der Waals surface area contributed by atoms with Gasteiger partial charge in [0.05, 0.1) is 18.2 Å². The van der Waals surface area contributed by atoms with Gasteiger partial charge in [-0.05, 0) is 30.7 Å². The molecule has 0 aliphatic carbocycles. The molecule has 2 aromatic carbocycles. The summed E-state index contributed by atoms with van der Waals surface area (Å²) < 4.78 is 17.0. The monoisotopic (exact) mass is 357 g/mol. The van der Waals surface area contributed by atoms with Crippen molar-refractivity contribution >= 4 is 22.5 Å². The molecule has 0 aliphatic rings. The maximum atomic E-state index is 6.12. The van der Waals surface area contributed by atoms with Crippen LogP contribution in [0.25, 0.3) is 10.9 Å². The van der Waals surface area contributed by atoms with Crippen LogP contribution >= 0.6 is 11.6 Å². The average molecular weight is 358 g/mol. The Labute approximate surface area is 152 Å². The molecule has 0 N–H and O–H groups in total. The topological polar surface area (TPSA) is 40.6 Å². The second-order valence-corrected chi connectivity index (χ2v) is 5.93.